The van der Waals surface area contributed by atoms with Crippen LogP contribution in [0.1, 0.15) is 37.6 Å². The van der Waals surface area contributed by atoms with Crippen molar-refractivity contribution in [3.8, 4) is 0 Å². The van der Waals surface area contributed by atoms with Crippen LogP contribution < -0.4 is 11.1 Å². The summed E-state index contributed by atoms with van der Waals surface area (Å²) in [5.41, 5.74) is -0.867. The number of H-pyrrole nitrogens is 1. The van der Waals surface area contributed by atoms with Gasteiger partial charge in [-0.1, -0.05) is 26.8 Å². The van der Waals surface area contributed by atoms with E-state index >= 15 is 0 Å². The van der Waals surface area contributed by atoms with Gasteiger partial charge in [-0.2, -0.15) is 0 Å². The number of rotatable bonds is 3. The van der Waals surface area contributed by atoms with Gasteiger partial charge in [-0.05, 0) is 24.0 Å². The van der Waals surface area contributed by atoms with E-state index in [4.69, 9.17) is 0 Å². The molecule has 2 N–H and O–H groups in total. The number of aryl methyl sites for hydroxylation is 1. The van der Waals surface area contributed by atoms with Gasteiger partial charge in [0.2, 0.25) is 0 Å². The van der Waals surface area contributed by atoms with E-state index in [1.54, 1.807) is 12.1 Å². The number of para-hydroxylation sites is 1. The van der Waals surface area contributed by atoms with Gasteiger partial charge in [-0.25, -0.2) is 4.79 Å². The zero-order chi connectivity index (χ0) is 15.8. The molecule has 0 spiro atoms. The summed E-state index contributed by atoms with van der Waals surface area (Å²) in [5, 5.41) is 9.29. The largest absolute Gasteiger partial charge is 0.478 e. The molecular formula is C15H18N2O4. The summed E-state index contributed by atoms with van der Waals surface area (Å²) in [5.74, 6) is -1.13. The summed E-state index contributed by atoms with van der Waals surface area (Å²) in [4.78, 5) is 37.6. The number of carboxylic acid groups (broad SMARTS) is 1. The molecule has 1 aromatic heterocycles. The van der Waals surface area contributed by atoms with Crippen LogP contribution in [0.5, 0.6) is 0 Å². The molecule has 0 radical (unpaired) electrons. The summed E-state index contributed by atoms with van der Waals surface area (Å²) in [6, 6.07) is 4.56. The van der Waals surface area contributed by atoms with Crippen molar-refractivity contribution in [1.82, 2.24) is 9.55 Å². The van der Waals surface area contributed by atoms with Gasteiger partial charge in [0.1, 0.15) is 0 Å². The monoisotopic (exact) mass is 290 g/mol. The third-order valence-corrected chi connectivity index (χ3v) is 3.31. The minimum Gasteiger partial charge on any atom is -0.478 e. The van der Waals surface area contributed by atoms with Crippen molar-refractivity contribution in [2.75, 3.05) is 0 Å². The number of hydrogen-bond donors (Lipinski definition) is 2. The summed E-state index contributed by atoms with van der Waals surface area (Å²) in [6.45, 7) is 6.36. The lowest BCUT2D eigenvalue weighted by molar-refractivity contribution is 0.0698. The van der Waals surface area contributed by atoms with E-state index < -0.39 is 17.1 Å². The molecule has 1 heterocycles. The number of aromatic nitrogens is 2. The molecule has 21 heavy (non-hydrogen) atoms. The van der Waals surface area contributed by atoms with E-state index in [1.165, 1.54) is 10.6 Å². The fraction of sp³-hybridized carbons (Fsp3) is 0.400. The zero-order valence-electron chi connectivity index (χ0n) is 12.3. The van der Waals surface area contributed by atoms with Crippen molar-refractivity contribution in [3.63, 3.8) is 0 Å². The van der Waals surface area contributed by atoms with E-state index in [0.717, 1.165) is 0 Å². The quantitative estimate of drug-likeness (QED) is 0.843. The number of hydrogen-bond acceptors (Lipinski definition) is 3. The molecule has 1 aromatic carbocycles. The van der Waals surface area contributed by atoms with Crippen LogP contribution in [-0.4, -0.2) is 20.6 Å². The molecule has 0 amide bonds. The molecule has 0 saturated carbocycles. The second-order valence-electron chi connectivity index (χ2n) is 6.23. The normalized spacial score (nSPS) is 11.8. The molecule has 112 valence electrons. The number of aromatic amines is 1. The maximum absolute atomic E-state index is 12.1. The number of nitrogens with one attached hydrogen (secondary N) is 1. The second kappa shape index (κ2) is 5.20. The number of benzene rings is 1. The van der Waals surface area contributed by atoms with Crippen molar-refractivity contribution in [3.05, 3.63) is 44.5 Å². The van der Waals surface area contributed by atoms with E-state index in [0.29, 0.717) is 18.5 Å². The minimum absolute atomic E-state index is 0.00904. The van der Waals surface area contributed by atoms with Crippen LogP contribution in [0.4, 0.5) is 0 Å². The van der Waals surface area contributed by atoms with Gasteiger partial charge in [0, 0.05) is 6.54 Å². The topological polar surface area (TPSA) is 92.2 Å². The molecule has 2 aromatic rings. The van der Waals surface area contributed by atoms with Crippen LogP contribution in [0.25, 0.3) is 11.0 Å². The number of aromatic carboxylic acids is 1. The van der Waals surface area contributed by atoms with Crippen molar-refractivity contribution in [2.24, 2.45) is 5.41 Å². The van der Waals surface area contributed by atoms with E-state index in [-0.39, 0.29) is 16.5 Å². The predicted octanol–water partition coefficient (Wildman–Crippen LogP) is 1.82. The van der Waals surface area contributed by atoms with Gasteiger partial charge in [-0.15, -0.1) is 0 Å². The van der Waals surface area contributed by atoms with E-state index in [9.17, 15) is 19.5 Å². The molecule has 0 fully saturated rings. The number of carboxylic acids is 1. The summed E-state index contributed by atoms with van der Waals surface area (Å²) < 4.78 is 1.27. The van der Waals surface area contributed by atoms with Crippen molar-refractivity contribution < 1.29 is 9.90 Å². The third-order valence-electron chi connectivity index (χ3n) is 3.31. The summed E-state index contributed by atoms with van der Waals surface area (Å²) >= 11 is 0. The molecule has 6 nitrogen and oxygen atoms in total. The van der Waals surface area contributed by atoms with Gasteiger partial charge < -0.3 is 14.7 Å². The average molecular weight is 290 g/mol. The Morgan fingerprint density at radius 2 is 1.95 bits per heavy atom. The lowest BCUT2D eigenvalue weighted by Gasteiger charge is -2.19. The Labute approximate surface area is 121 Å². The maximum atomic E-state index is 12.1. The van der Waals surface area contributed by atoms with E-state index in [1.807, 2.05) is 20.8 Å². The molecule has 6 heteroatoms. The van der Waals surface area contributed by atoms with Gasteiger partial charge in [0.15, 0.2) is 0 Å². The SMILES string of the molecule is CC(C)(C)CCn1c(=O)c(=O)[nH]c2cccc(C(=O)O)c21. The molecule has 2 rings (SSSR count). The minimum atomic E-state index is -1.13. The highest BCUT2D eigenvalue weighted by atomic mass is 16.4. The van der Waals surface area contributed by atoms with Crippen LogP contribution in [0.3, 0.4) is 0 Å². The average Bonchev–Trinajstić information content (AvgIpc) is 2.37. The summed E-state index contributed by atoms with van der Waals surface area (Å²) in [7, 11) is 0. The van der Waals surface area contributed by atoms with Crippen LogP contribution in [0.15, 0.2) is 27.8 Å². The molecule has 0 unspecified atom stereocenters. The van der Waals surface area contributed by atoms with Gasteiger partial charge in [-0.3, -0.25) is 9.59 Å². The zero-order valence-corrected chi connectivity index (χ0v) is 12.3. The lowest BCUT2D eigenvalue weighted by Crippen LogP contribution is -2.37. The Hall–Kier alpha value is -2.37. The Balaban J connectivity index is 2.76. The summed E-state index contributed by atoms with van der Waals surface area (Å²) in [6.07, 6.45) is 0.652. The fourth-order valence-electron chi connectivity index (χ4n) is 2.17. The van der Waals surface area contributed by atoms with Crippen LogP contribution >= 0.6 is 0 Å². The third kappa shape index (κ3) is 3.04. The van der Waals surface area contributed by atoms with Crippen molar-refractivity contribution >= 4 is 17.0 Å². The molecule has 0 aliphatic heterocycles. The molecule has 0 aliphatic carbocycles. The Kier molecular flexibility index (Phi) is 3.72. The smallest absolute Gasteiger partial charge is 0.337 e. The van der Waals surface area contributed by atoms with Crippen LogP contribution in [0.2, 0.25) is 0 Å². The fourth-order valence-corrected chi connectivity index (χ4v) is 2.17. The van der Waals surface area contributed by atoms with Gasteiger partial charge >= 0.3 is 17.1 Å². The first-order valence-corrected chi connectivity index (χ1v) is 6.70. The molecule has 0 bridgehead atoms. The second-order valence-corrected chi connectivity index (χ2v) is 6.23. The van der Waals surface area contributed by atoms with Gasteiger partial charge in [0.05, 0.1) is 16.6 Å². The van der Waals surface area contributed by atoms with Crippen LogP contribution in [-0.2, 0) is 6.54 Å². The van der Waals surface area contributed by atoms with E-state index in [2.05, 4.69) is 4.98 Å². The van der Waals surface area contributed by atoms with Gasteiger partial charge in [0.25, 0.3) is 0 Å². The highest BCUT2D eigenvalue weighted by molar-refractivity contribution is 6.00. The first-order valence-electron chi connectivity index (χ1n) is 6.70. The standard InChI is InChI=1S/C15H18N2O4/c1-15(2,3)7-8-17-11-9(14(20)21)5-4-6-10(11)16-12(18)13(17)19/h4-6H,7-8H2,1-3H3,(H,16,18)(H,20,21). The number of carbonyl (C=O) groups is 1. The highest BCUT2D eigenvalue weighted by Crippen LogP contribution is 2.21. The molecule has 0 aliphatic rings. The molecule has 0 saturated heterocycles. The first-order chi connectivity index (χ1) is 9.70. The number of fused-ring (bicyclic) bond motifs is 1. The van der Waals surface area contributed by atoms with Crippen LogP contribution in [0, 0.1) is 5.41 Å². The van der Waals surface area contributed by atoms with Crippen molar-refractivity contribution in [2.45, 2.75) is 33.7 Å². The Bertz CT molecular complexity index is 809. The number of nitrogens with zero attached hydrogens (tertiary/aromatic N) is 1. The van der Waals surface area contributed by atoms with Crippen molar-refractivity contribution in [1.29, 1.82) is 0 Å². The molecule has 0 atom stereocenters. The lowest BCUT2D eigenvalue weighted by atomic mass is 9.92. The predicted molar refractivity (Wildman–Crippen MR) is 79.9 cm³/mol. The molecular weight excluding hydrogens is 272 g/mol. The highest BCUT2D eigenvalue weighted by Gasteiger charge is 2.17. The maximum Gasteiger partial charge on any atom is 0.337 e. The Morgan fingerprint density at radius 1 is 1.29 bits per heavy atom. The first kappa shape index (κ1) is 15.0. The Morgan fingerprint density at radius 3 is 2.52 bits per heavy atom.